The molecule has 1 aromatic heterocycles. The number of hydrogen-bond acceptors (Lipinski definition) is 2. The Bertz CT molecular complexity index is 3680. The molecule has 66 heavy (non-hydrogen) atoms. The lowest BCUT2D eigenvalue weighted by Gasteiger charge is -2.26. The molecule has 12 aromatic rings. The van der Waals surface area contributed by atoms with Crippen LogP contribution in [0.5, 0.6) is 0 Å². The molecule has 0 saturated carbocycles. The monoisotopic (exact) mass is 841 g/mol. The van der Waals surface area contributed by atoms with Gasteiger partial charge >= 0.3 is 0 Å². The van der Waals surface area contributed by atoms with E-state index in [1.54, 1.807) is 0 Å². The molecule has 0 aliphatic heterocycles. The zero-order chi connectivity index (χ0) is 43.8. The summed E-state index contributed by atoms with van der Waals surface area (Å²) in [7, 11) is 0. The fourth-order valence-corrected chi connectivity index (χ4v) is 9.45. The second kappa shape index (κ2) is 16.8. The normalized spacial score (nSPS) is 11.3. The highest BCUT2D eigenvalue weighted by atomic mass is 16.3. The summed E-state index contributed by atoms with van der Waals surface area (Å²) in [5, 5.41) is 6.09. The molecular weight excluding hydrogens is 799 g/mol. The van der Waals surface area contributed by atoms with Gasteiger partial charge in [0, 0.05) is 33.6 Å². The standard InChI is InChI=1S/C64H43NO/c1-2-14-49(15-3-1)63-61-22-8-9-23-62(61)66-64(63)57-21-11-19-53(43-57)47-30-36-59(37-31-47)65(60-38-32-48(33-39-60)55-26-24-44-12-4-6-16-50(44)41-55)58-34-28-46(29-35-58)52-18-10-20-54(40-52)56-27-25-45-13-5-7-17-51(45)42-56/h1-43H. The minimum Gasteiger partial charge on any atom is -0.455 e. The van der Waals surface area contributed by atoms with Crippen molar-refractivity contribution >= 4 is 49.6 Å². The van der Waals surface area contributed by atoms with Crippen LogP contribution in [0.25, 0.3) is 99.5 Å². The molecule has 0 amide bonds. The summed E-state index contributed by atoms with van der Waals surface area (Å²) in [4.78, 5) is 2.35. The average molecular weight is 842 g/mol. The van der Waals surface area contributed by atoms with Crippen molar-refractivity contribution in [2.24, 2.45) is 0 Å². The molecule has 0 N–H and O–H groups in total. The molecule has 2 nitrogen and oxygen atoms in total. The van der Waals surface area contributed by atoms with E-state index < -0.39 is 0 Å². The molecule has 0 unspecified atom stereocenters. The van der Waals surface area contributed by atoms with Gasteiger partial charge in [-0.25, -0.2) is 0 Å². The molecule has 0 saturated heterocycles. The fraction of sp³-hybridized carbons (Fsp3) is 0. The maximum atomic E-state index is 6.60. The van der Waals surface area contributed by atoms with Crippen LogP contribution in [0.4, 0.5) is 17.1 Å². The number of rotatable bonds is 9. The van der Waals surface area contributed by atoms with Crippen molar-refractivity contribution in [2.75, 3.05) is 4.90 Å². The summed E-state index contributed by atoms with van der Waals surface area (Å²) >= 11 is 0. The van der Waals surface area contributed by atoms with E-state index in [1.165, 1.54) is 54.9 Å². The van der Waals surface area contributed by atoms with Gasteiger partial charge in [0.25, 0.3) is 0 Å². The highest BCUT2D eigenvalue weighted by molar-refractivity contribution is 6.02. The van der Waals surface area contributed by atoms with Crippen molar-refractivity contribution in [2.45, 2.75) is 0 Å². The zero-order valence-electron chi connectivity index (χ0n) is 36.2. The third-order valence-electron chi connectivity index (χ3n) is 12.9. The van der Waals surface area contributed by atoms with Gasteiger partial charge in [0.1, 0.15) is 11.3 Å². The summed E-state index contributed by atoms with van der Waals surface area (Å²) < 4.78 is 6.60. The summed E-state index contributed by atoms with van der Waals surface area (Å²) in [6.45, 7) is 0. The second-order valence-electron chi connectivity index (χ2n) is 16.9. The minimum absolute atomic E-state index is 0.878. The number of furan rings is 1. The van der Waals surface area contributed by atoms with Crippen LogP contribution in [-0.4, -0.2) is 0 Å². The van der Waals surface area contributed by atoms with Gasteiger partial charge in [-0.3, -0.25) is 0 Å². The summed E-state index contributed by atoms with van der Waals surface area (Å²) in [5.74, 6) is 0.878. The number of nitrogens with zero attached hydrogens (tertiary/aromatic N) is 1. The van der Waals surface area contributed by atoms with Crippen LogP contribution >= 0.6 is 0 Å². The van der Waals surface area contributed by atoms with Crippen LogP contribution in [0.3, 0.4) is 0 Å². The number of fused-ring (bicyclic) bond motifs is 3. The van der Waals surface area contributed by atoms with Crippen molar-refractivity contribution in [3.05, 3.63) is 261 Å². The minimum atomic E-state index is 0.878. The van der Waals surface area contributed by atoms with E-state index in [2.05, 4.69) is 260 Å². The number of hydrogen-bond donors (Lipinski definition) is 0. The Hall–Kier alpha value is -8.72. The van der Waals surface area contributed by atoms with Crippen LogP contribution in [0, 0.1) is 0 Å². The van der Waals surface area contributed by atoms with Gasteiger partial charge < -0.3 is 9.32 Å². The van der Waals surface area contributed by atoms with E-state index in [-0.39, 0.29) is 0 Å². The Labute approximate surface area is 384 Å². The predicted octanol–water partition coefficient (Wildman–Crippen LogP) is 18.2. The molecule has 12 rings (SSSR count). The largest absolute Gasteiger partial charge is 0.455 e. The van der Waals surface area contributed by atoms with Crippen molar-refractivity contribution in [1.29, 1.82) is 0 Å². The molecule has 11 aromatic carbocycles. The van der Waals surface area contributed by atoms with Gasteiger partial charge in [-0.15, -0.1) is 0 Å². The quantitative estimate of drug-likeness (QED) is 0.144. The zero-order valence-corrected chi connectivity index (χ0v) is 36.2. The maximum Gasteiger partial charge on any atom is 0.143 e. The van der Waals surface area contributed by atoms with E-state index in [1.807, 2.05) is 6.07 Å². The molecule has 0 aliphatic carbocycles. The first-order valence-electron chi connectivity index (χ1n) is 22.6. The Balaban J connectivity index is 0.893. The van der Waals surface area contributed by atoms with Crippen LogP contribution < -0.4 is 4.90 Å². The molecule has 310 valence electrons. The molecule has 0 aliphatic rings. The van der Waals surface area contributed by atoms with Gasteiger partial charge in [-0.05, 0) is 138 Å². The smallest absolute Gasteiger partial charge is 0.143 e. The Morgan fingerprint density at radius 1 is 0.242 bits per heavy atom. The molecule has 0 spiro atoms. The first-order chi connectivity index (χ1) is 32.7. The molecule has 0 atom stereocenters. The van der Waals surface area contributed by atoms with Gasteiger partial charge in [-0.2, -0.15) is 0 Å². The average Bonchev–Trinajstić information content (AvgIpc) is 3.79. The summed E-state index contributed by atoms with van der Waals surface area (Å²) in [5.41, 5.74) is 16.8. The van der Waals surface area contributed by atoms with E-state index in [4.69, 9.17) is 4.42 Å². The SMILES string of the molecule is c1ccc(-c2c(-c3cccc(-c4ccc(N(c5ccc(-c6cccc(-c7ccc8ccccc8c7)c6)cc5)c5ccc(-c6ccc7ccccc7c6)cc5)cc4)c3)oc3ccccc23)cc1. The Morgan fingerprint density at radius 3 is 1.17 bits per heavy atom. The van der Waals surface area contributed by atoms with Crippen molar-refractivity contribution < 1.29 is 4.42 Å². The summed E-state index contributed by atoms with van der Waals surface area (Å²) in [6, 6.07) is 93.7. The lowest BCUT2D eigenvalue weighted by Crippen LogP contribution is -2.09. The van der Waals surface area contributed by atoms with E-state index in [0.717, 1.165) is 61.6 Å². The molecule has 0 bridgehead atoms. The second-order valence-corrected chi connectivity index (χ2v) is 16.9. The Kier molecular flexibility index (Phi) is 9.89. The fourth-order valence-electron chi connectivity index (χ4n) is 9.45. The molecule has 0 radical (unpaired) electrons. The number of benzene rings is 11. The van der Waals surface area contributed by atoms with Gasteiger partial charge in [0.15, 0.2) is 0 Å². The molecule has 1 heterocycles. The van der Waals surface area contributed by atoms with Crippen LogP contribution in [0.15, 0.2) is 265 Å². The highest BCUT2D eigenvalue weighted by Crippen LogP contribution is 2.43. The van der Waals surface area contributed by atoms with E-state index >= 15 is 0 Å². The first-order valence-corrected chi connectivity index (χ1v) is 22.6. The molecule has 0 fully saturated rings. The number of anilines is 3. The van der Waals surface area contributed by atoms with E-state index in [0.29, 0.717) is 0 Å². The third-order valence-corrected chi connectivity index (χ3v) is 12.9. The highest BCUT2D eigenvalue weighted by Gasteiger charge is 2.19. The van der Waals surface area contributed by atoms with E-state index in [9.17, 15) is 0 Å². The van der Waals surface area contributed by atoms with Gasteiger partial charge in [-0.1, -0.05) is 194 Å². The van der Waals surface area contributed by atoms with Crippen LogP contribution in [0.1, 0.15) is 0 Å². The lowest BCUT2D eigenvalue weighted by atomic mass is 9.96. The predicted molar refractivity (Wildman–Crippen MR) is 279 cm³/mol. The number of para-hydroxylation sites is 1. The van der Waals surface area contributed by atoms with Gasteiger partial charge in [0.2, 0.25) is 0 Å². The first kappa shape index (κ1) is 38.9. The lowest BCUT2D eigenvalue weighted by molar-refractivity contribution is 0.632. The molecular formula is C64H43NO. The summed E-state index contributed by atoms with van der Waals surface area (Å²) in [6.07, 6.45) is 0. The topological polar surface area (TPSA) is 16.4 Å². The van der Waals surface area contributed by atoms with Gasteiger partial charge in [0.05, 0.1) is 0 Å². The van der Waals surface area contributed by atoms with Crippen LogP contribution in [0.2, 0.25) is 0 Å². The van der Waals surface area contributed by atoms with Crippen LogP contribution in [-0.2, 0) is 0 Å². The van der Waals surface area contributed by atoms with Crippen molar-refractivity contribution in [1.82, 2.24) is 0 Å². The Morgan fingerprint density at radius 2 is 0.621 bits per heavy atom. The third kappa shape index (κ3) is 7.41. The maximum absolute atomic E-state index is 6.60. The van der Waals surface area contributed by atoms with Crippen molar-refractivity contribution in [3.63, 3.8) is 0 Å². The van der Waals surface area contributed by atoms with Crippen molar-refractivity contribution in [3.8, 4) is 67.0 Å². The molecule has 2 heteroatoms.